The summed E-state index contributed by atoms with van der Waals surface area (Å²) >= 11 is 0. The number of aliphatic hydroxyl groups excluding tert-OH is 3. The molecule has 0 bridgehead atoms. The lowest BCUT2D eigenvalue weighted by atomic mass is 10.1. The van der Waals surface area contributed by atoms with Gasteiger partial charge in [-0.1, -0.05) is 30.3 Å². The van der Waals surface area contributed by atoms with Crippen LogP contribution in [0.2, 0.25) is 0 Å². The van der Waals surface area contributed by atoms with Gasteiger partial charge in [0.15, 0.2) is 17.4 Å². The van der Waals surface area contributed by atoms with Crippen molar-refractivity contribution >= 4 is 11.2 Å². The van der Waals surface area contributed by atoms with Crippen LogP contribution in [-0.2, 0) is 4.74 Å². The van der Waals surface area contributed by atoms with E-state index in [4.69, 9.17) is 4.74 Å². The maximum atomic E-state index is 12.3. The fraction of sp³-hybridized carbons (Fsp3) is 0.312. The van der Waals surface area contributed by atoms with Gasteiger partial charge in [0.05, 0.1) is 12.9 Å². The van der Waals surface area contributed by atoms with E-state index in [1.54, 1.807) is 12.1 Å². The smallest absolute Gasteiger partial charge is 0.279 e. The van der Waals surface area contributed by atoms with E-state index in [1.165, 1.54) is 10.9 Å². The summed E-state index contributed by atoms with van der Waals surface area (Å²) in [6, 6.07) is 9.10. The first-order valence-corrected chi connectivity index (χ1v) is 7.75. The zero-order valence-electron chi connectivity index (χ0n) is 13.0. The topological polar surface area (TPSA) is 133 Å². The molecule has 0 spiro atoms. The molecule has 1 fully saturated rings. The molecule has 3 aromatic rings. The van der Waals surface area contributed by atoms with Crippen LogP contribution in [0.3, 0.4) is 0 Å². The molecule has 1 aliphatic rings. The highest BCUT2D eigenvalue weighted by atomic mass is 16.6. The van der Waals surface area contributed by atoms with Crippen molar-refractivity contribution in [1.82, 2.24) is 19.5 Å². The summed E-state index contributed by atoms with van der Waals surface area (Å²) in [7, 11) is 0. The van der Waals surface area contributed by atoms with E-state index in [0.29, 0.717) is 5.82 Å². The summed E-state index contributed by atoms with van der Waals surface area (Å²) in [5.41, 5.74) is 0.611. The minimum Gasteiger partial charge on any atom is -0.394 e. The van der Waals surface area contributed by atoms with Crippen LogP contribution in [0.25, 0.3) is 22.6 Å². The van der Waals surface area contributed by atoms with Gasteiger partial charge in [0.1, 0.15) is 24.1 Å². The molecular weight excluding hydrogens is 328 g/mol. The highest BCUT2D eigenvalue weighted by molar-refractivity contribution is 5.72. The minimum absolute atomic E-state index is 0.0948. The number of aromatic amines is 1. The highest BCUT2D eigenvalue weighted by Crippen LogP contribution is 2.31. The van der Waals surface area contributed by atoms with E-state index in [9.17, 15) is 20.1 Å². The van der Waals surface area contributed by atoms with Crippen LogP contribution >= 0.6 is 0 Å². The monoisotopic (exact) mass is 344 g/mol. The number of hydrogen-bond donors (Lipinski definition) is 4. The summed E-state index contributed by atoms with van der Waals surface area (Å²) in [4.78, 5) is 23.4. The van der Waals surface area contributed by atoms with Gasteiger partial charge in [0, 0.05) is 5.56 Å². The van der Waals surface area contributed by atoms with Crippen molar-refractivity contribution < 1.29 is 20.1 Å². The molecule has 9 heteroatoms. The van der Waals surface area contributed by atoms with Crippen LogP contribution in [0, 0.1) is 0 Å². The van der Waals surface area contributed by atoms with Crippen molar-refractivity contribution in [1.29, 1.82) is 0 Å². The van der Waals surface area contributed by atoms with Crippen molar-refractivity contribution in [2.75, 3.05) is 6.61 Å². The molecule has 1 aromatic carbocycles. The standard InChI is InChI=1S/C16H16N4O5/c21-6-9-11(22)12(23)16(25-9)20-7-17-10-14(20)18-13(19-15(10)24)8-4-2-1-3-5-8/h1-5,7,9,11-12,16,21-23H,6H2,(H,18,19,24). The zero-order chi connectivity index (χ0) is 17.6. The third-order valence-corrected chi connectivity index (χ3v) is 4.27. The number of aliphatic hydroxyl groups is 3. The third-order valence-electron chi connectivity index (χ3n) is 4.27. The first-order chi connectivity index (χ1) is 12.1. The van der Waals surface area contributed by atoms with Crippen molar-refractivity contribution in [2.45, 2.75) is 24.5 Å². The predicted octanol–water partition coefficient (Wildman–Crippen LogP) is -0.602. The van der Waals surface area contributed by atoms with E-state index in [0.717, 1.165) is 5.56 Å². The van der Waals surface area contributed by atoms with Gasteiger partial charge in [-0.05, 0) is 0 Å². The molecular formula is C16H16N4O5. The molecule has 1 saturated heterocycles. The SMILES string of the molecule is O=c1[nH]c(-c2ccccc2)nc2c1ncn2C1OC(CO)C(O)C1O. The molecule has 0 amide bonds. The van der Waals surface area contributed by atoms with Crippen molar-refractivity contribution in [3.8, 4) is 11.4 Å². The van der Waals surface area contributed by atoms with E-state index >= 15 is 0 Å². The second-order valence-corrected chi connectivity index (χ2v) is 5.83. The molecule has 1 aliphatic heterocycles. The maximum absolute atomic E-state index is 12.3. The lowest BCUT2D eigenvalue weighted by Crippen LogP contribution is -2.33. The number of nitrogens with zero attached hydrogens (tertiary/aromatic N) is 3. The Morgan fingerprint density at radius 1 is 1.20 bits per heavy atom. The van der Waals surface area contributed by atoms with Gasteiger partial charge in [0.25, 0.3) is 5.56 Å². The van der Waals surface area contributed by atoms with Gasteiger partial charge < -0.3 is 25.0 Å². The number of rotatable bonds is 3. The number of benzene rings is 1. The van der Waals surface area contributed by atoms with Crippen LogP contribution < -0.4 is 5.56 Å². The molecule has 4 N–H and O–H groups in total. The van der Waals surface area contributed by atoms with Crippen LogP contribution in [-0.4, -0.2) is 59.8 Å². The number of ether oxygens (including phenoxy) is 1. The second-order valence-electron chi connectivity index (χ2n) is 5.83. The molecule has 0 saturated carbocycles. The number of hydrogen-bond acceptors (Lipinski definition) is 7. The van der Waals surface area contributed by atoms with Gasteiger partial charge >= 0.3 is 0 Å². The molecule has 3 heterocycles. The molecule has 2 aromatic heterocycles. The number of H-pyrrole nitrogens is 1. The largest absolute Gasteiger partial charge is 0.394 e. The molecule has 25 heavy (non-hydrogen) atoms. The quantitative estimate of drug-likeness (QED) is 0.498. The van der Waals surface area contributed by atoms with Crippen molar-refractivity contribution in [3.05, 3.63) is 47.0 Å². The van der Waals surface area contributed by atoms with Crippen molar-refractivity contribution in [2.24, 2.45) is 0 Å². The lowest BCUT2D eigenvalue weighted by molar-refractivity contribution is -0.0511. The zero-order valence-corrected chi connectivity index (χ0v) is 13.0. The van der Waals surface area contributed by atoms with E-state index in [-0.39, 0.29) is 11.2 Å². The van der Waals surface area contributed by atoms with Crippen LogP contribution in [0.15, 0.2) is 41.5 Å². The summed E-state index contributed by atoms with van der Waals surface area (Å²) in [5, 5.41) is 29.4. The Balaban J connectivity index is 1.84. The van der Waals surface area contributed by atoms with Gasteiger partial charge in [-0.25, -0.2) is 9.97 Å². The number of imidazole rings is 1. The predicted molar refractivity (Wildman–Crippen MR) is 86.6 cm³/mol. The number of nitrogens with one attached hydrogen (secondary N) is 1. The Morgan fingerprint density at radius 3 is 2.64 bits per heavy atom. The molecule has 4 unspecified atom stereocenters. The Morgan fingerprint density at radius 2 is 1.96 bits per heavy atom. The lowest BCUT2D eigenvalue weighted by Gasteiger charge is -2.16. The minimum atomic E-state index is -1.28. The number of fused-ring (bicyclic) bond motifs is 1. The second kappa shape index (κ2) is 6.05. The Kier molecular flexibility index (Phi) is 3.85. The highest BCUT2D eigenvalue weighted by Gasteiger charge is 2.44. The van der Waals surface area contributed by atoms with Gasteiger partial charge in [-0.2, -0.15) is 0 Å². The summed E-state index contributed by atoms with van der Waals surface area (Å²) in [6.45, 7) is -0.440. The van der Waals surface area contributed by atoms with Crippen LogP contribution in [0.4, 0.5) is 0 Å². The molecule has 130 valence electrons. The summed E-state index contributed by atoms with van der Waals surface area (Å²) in [5.74, 6) is 0.353. The normalized spacial score (nSPS) is 26.4. The average molecular weight is 344 g/mol. The van der Waals surface area contributed by atoms with Crippen molar-refractivity contribution in [3.63, 3.8) is 0 Å². The van der Waals surface area contributed by atoms with E-state index in [2.05, 4.69) is 15.0 Å². The molecule has 0 aliphatic carbocycles. The maximum Gasteiger partial charge on any atom is 0.279 e. The van der Waals surface area contributed by atoms with Gasteiger partial charge in [-0.3, -0.25) is 9.36 Å². The first kappa shape index (κ1) is 15.9. The van der Waals surface area contributed by atoms with E-state index < -0.39 is 36.7 Å². The molecule has 0 radical (unpaired) electrons. The number of aromatic nitrogens is 4. The van der Waals surface area contributed by atoms with Crippen LogP contribution in [0.5, 0.6) is 0 Å². The van der Waals surface area contributed by atoms with Crippen LogP contribution in [0.1, 0.15) is 6.23 Å². The Labute approximate surface area is 141 Å². The first-order valence-electron chi connectivity index (χ1n) is 7.75. The third kappa shape index (κ3) is 2.53. The fourth-order valence-electron chi connectivity index (χ4n) is 2.95. The molecule has 4 atom stereocenters. The van der Waals surface area contributed by atoms with E-state index in [1.807, 2.05) is 18.2 Å². The Bertz CT molecular complexity index is 954. The fourth-order valence-corrected chi connectivity index (χ4v) is 2.95. The average Bonchev–Trinajstić information content (AvgIpc) is 3.18. The summed E-state index contributed by atoms with van der Waals surface area (Å²) < 4.78 is 6.88. The Hall–Kier alpha value is -2.59. The molecule has 9 nitrogen and oxygen atoms in total. The van der Waals surface area contributed by atoms with Gasteiger partial charge in [0.2, 0.25) is 0 Å². The van der Waals surface area contributed by atoms with Gasteiger partial charge in [-0.15, -0.1) is 0 Å². The summed E-state index contributed by atoms with van der Waals surface area (Å²) in [6.07, 6.45) is -3.14. The molecule has 4 rings (SSSR count).